The molecule has 89 heavy (non-hydrogen) atoms. The second-order valence-corrected chi connectivity index (χ2v) is 25.4. The van der Waals surface area contributed by atoms with E-state index in [4.69, 9.17) is 8.83 Å². The van der Waals surface area contributed by atoms with Crippen LogP contribution in [0.1, 0.15) is 22.3 Å². The maximum Gasteiger partial charge on any atom is 0.160 e. The third-order valence-electron chi connectivity index (χ3n) is 18.5. The first kappa shape index (κ1) is 50.1. The van der Waals surface area contributed by atoms with Crippen LogP contribution in [-0.2, 0) is 5.41 Å². The summed E-state index contributed by atoms with van der Waals surface area (Å²) in [5.41, 5.74) is 27.1. The molecule has 2 aliphatic carbocycles. The van der Waals surface area contributed by atoms with Crippen LogP contribution >= 0.6 is 23.1 Å². The minimum atomic E-state index is -0.720. The molecule has 0 saturated heterocycles. The fourth-order valence-corrected chi connectivity index (χ4v) is 17.0. The molecule has 0 atom stereocenters. The molecule has 6 heteroatoms. The summed E-state index contributed by atoms with van der Waals surface area (Å²) in [6.07, 6.45) is 5.97. The second kappa shape index (κ2) is 19.5. The van der Waals surface area contributed by atoms with Gasteiger partial charge in [0.1, 0.15) is 16.7 Å². The van der Waals surface area contributed by atoms with E-state index in [1.54, 1.807) is 0 Å². The zero-order valence-corrected chi connectivity index (χ0v) is 49.4. The van der Waals surface area contributed by atoms with E-state index in [2.05, 4.69) is 294 Å². The van der Waals surface area contributed by atoms with Gasteiger partial charge in [-0.15, -0.1) is 11.3 Å². The van der Waals surface area contributed by atoms with E-state index in [-0.39, 0.29) is 0 Å². The third-order valence-corrected chi connectivity index (χ3v) is 20.8. The van der Waals surface area contributed by atoms with Crippen molar-refractivity contribution in [2.24, 2.45) is 0 Å². The Hall–Kier alpha value is -11.1. The first-order valence-electron chi connectivity index (χ1n) is 30.1. The topological polar surface area (TPSA) is 32.8 Å². The molecule has 16 aromatic rings. The Labute approximate surface area is 520 Å². The SMILES string of the molecule is C1=C=C(N(c2ccccc2)c2ccc3c(c2)oc2cc4c(cc23)Sc2cc(-c3ccc(N(c5ccccc5)c5ccc6sc7ccccc7c6c5)c5oc6ccccc6c35)c(-c3ccc5ccccc5c3)cc2C42c3ccccc3-c3ccccc32)C=CC=1. The second-order valence-electron chi connectivity index (χ2n) is 23.3. The lowest BCUT2D eigenvalue weighted by Gasteiger charge is -2.40. The highest BCUT2D eigenvalue weighted by molar-refractivity contribution is 7.99. The number of allylic oxidation sites excluding steroid dienone is 3. The monoisotopic (exact) mass is 1170 g/mol. The lowest BCUT2D eigenvalue weighted by atomic mass is 9.66. The minimum absolute atomic E-state index is 0.720. The van der Waals surface area contributed by atoms with Crippen molar-refractivity contribution in [3.05, 3.63) is 331 Å². The van der Waals surface area contributed by atoms with E-state index in [1.807, 2.05) is 41.3 Å². The van der Waals surface area contributed by atoms with Crippen molar-refractivity contribution in [1.82, 2.24) is 0 Å². The molecule has 0 bridgehead atoms. The third kappa shape index (κ3) is 7.50. The predicted octanol–water partition coefficient (Wildman–Crippen LogP) is 23.5. The van der Waals surface area contributed by atoms with Crippen molar-refractivity contribution in [3.63, 3.8) is 0 Å². The van der Waals surface area contributed by atoms with E-state index >= 15 is 0 Å². The number of hydrogen-bond acceptors (Lipinski definition) is 6. The minimum Gasteiger partial charge on any atom is -0.456 e. The number of thiophene rings is 1. The Morgan fingerprint density at radius 1 is 0.371 bits per heavy atom. The van der Waals surface area contributed by atoms with E-state index in [0.717, 1.165) is 100 Å². The van der Waals surface area contributed by atoms with Crippen LogP contribution in [0.3, 0.4) is 0 Å². The van der Waals surface area contributed by atoms with Gasteiger partial charge in [-0.3, -0.25) is 0 Å². The number of rotatable bonds is 8. The average molecular weight is 1170 g/mol. The largest absolute Gasteiger partial charge is 0.456 e. The molecule has 3 aromatic heterocycles. The Morgan fingerprint density at radius 3 is 1.84 bits per heavy atom. The lowest BCUT2D eigenvalue weighted by molar-refractivity contribution is 0.662. The Kier molecular flexibility index (Phi) is 11.0. The fraction of sp³-hybridized carbons (Fsp3) is 0.0120. The van der Waals surface area contributed by atoms with Crippen molar-refractivity contribution in [2.75, 3.05) is 9.80 Å². The summed E-state index contributed by atoms with van der Waals surface area (Å²) in [7, 11) is 0. The van der Waals surface area contributed by atoms with Gasteiger partial charge in [-0.25, -0.2) is 0 Å². The van der Waals surface area contributed by atoms with E-state index in [9.17, 15) is 0 Å². The molecular formula is C83H48N2O2S2. The Morgan fingerprint density at radius 2 is 1.03 bits per heavy atom. The molecule has 1 aliphatic heterocycles. The molecule has 414 valence electrons. The van der Waals surface area contributed by atoms with Crippen molar-refractivity contribution < 1.29 is 8.83 Å². The number of nitrogens with zero attached hydrogens (tertiary/aromatic N) is 2. The average Bonchev–Trinajstić information content (AvgIpc) is 1.60. The van der Waals surface area contributed by atoms with Crippen LogP contribution in [-0.4, -0.2) is 0 Å². The fourth-order valence-electron chi connectivity index (χ4n) is 14.7. The van der Waals surface area contributed by atoms with Crippen LogP contribution in [0.15, 0.2) is 327 Å². The summed E-state index contributed by atoms with van der Waals surface area (Å²) < 4.78 is 17.0. The number of para-hydroxylation sites is 3. The van der Waals surface area contributed by atoms with Gasteiger partial charge in [0, 0.05) is 74.6 Å². The maximum absolute atomic E-state index is 7.30. The Balaban J connectivity index is 0.872. The number of hydrogen-bond donors (Lipinski definition) is 0. The van der Waals surface area contributed by atoms with Gasteiger partial charge in [0.25, 0.3) is 0 Å². The summed E-state index contributed by atoms with van der Waals surface area (Å²) in [5.74, 6) is 0. The zero-order chi connectivity index (χ0) is 58.3. The van der Waals surface area contributed by atoms with Gasteiger partial charge in [-0.1, -0.05) is 187 Å². The standard InChI is InChI=1S/C83H48N2O2S2/c1-4-22-54(23-5-1)84(55-24-6-2-7-25-55)58-38-40-61-67-49-80-72(50-76(67)86-75(61)46-58)83(69-32-16-12-28-59(69)60-29-13-17-33-70(60)83)71-47-65(53-37-36-51-20-10-11-21-52(51)44-53)66(48-79(71)89-80)63-41-42-73(82-81(63)64-31-14-18-34-74(64)87-82)85(56-26-8-3-9-27-56)57-39-43-78-68(45-57)62-30-15-19-35-77(62)88-78/h1-6,8-24,26-50H. The molecule has 0 amide bonds. The van der Waals surface area contributed by atoms with Crippen LogP contribution < -0.4 is 9.80 Å². The molecule has 4 heterocycles. The normalized spacial score (nSPS) is 13.5. The highest BCUT2D eigenvalue weighted by Crippen LogP contribution is 2.64. The number of furan rings is 2. The summed E-state index contributed by atoms with van der Waals surface area (Å²) in [6.45, 7) is 0. The van der Waals surface area contributed by atoms with E-state index in [0.29, 0.717) is 0 Å². The molecule has 0 fully saturated rings. The highest BCUT2D eigenvalue weighted by Gasteiger charge is 2.51. The van der Waals surface area contributed by atoms with Crippen molar-refractivity contribution in [1.29, 1.82) is 0 Å². The molecule has 19 rings (SSSR count). The molecule has 0 radical (unpaired) electrons. The van der Waals surface area contributed by atoms with Gasteiger partial charge in [-0.05, 0) is 187 Å². The van der Waals surface area contributed by atoms with Gasteiger partial charge < -0.3 is 18.6 Å². The summed E-state index contributed by atoms with van der Waals surface area (Å²) >= 11 is 3.70. The first-order chi connectivity index (χ1) is 44.1. The molecule has 13 aromatic carbocycles. The van der Waals surface area contributed by atoms with E-state index in [1.165, 1.54) is 74.1 Å². The Bertz CT molecular complexity index is 5790. The quantitative estimate of drug-likeness (QED) is 0.142. The predicted molar refractivity (Wildman–Crippen MR) is 371 cm³/mol. The van der Waals surface area contributed by atoms with Crippen molar-refractivity contribution in [2.45, 2.75) is 15.2 Å². The molecule has 0 unspecified atom stereocenters. The molecule has 0 saturated carbocycles. The maximum atomic E-state index is 7.30. The number of anilines is 5. The lowest BCUT2D eigenvalue weighted by Crippen LogP contribution is -2.32. The van der Waals surface area contributed by atoms with Crippen molar-refractivity contribution >= 4 is 126 Å². The summed E-state index contributed by atoms with van der Waals surface area (Å²) in [4.78, 5) is 6.98. The smallest absolute Gasteiger partial charge is 0.160 e. The van der Waals surface area contributed by atoms with Gasteiger partial charge in [0.05, 0.1) is 22.5 Å². The summed E-state index contributed by atoms with van der Waals surface area (Å²) in [5, 5.41) is 9.15. The molecule has 3 aliphatic rings. The molecule has 4 nitrogen and oxygen atoms in total. The molecular weight excluding hydrogens is 1120 g/mol. The summed E-state index contributed by atoms with van der Waals surface area (Å²) in [6, 6.07) is 100. The number of fused-ring (bicyclic) bond motifs is 19. The van der Waals surface area contributed by atoms with Crippen LogP contribution in [0.5, 0.6) is 0 Å². The van der Waals surface area contributed by atoms with Gasteiger partial charge in [0.2, 0.25) is 0 Å². The van der Waals surface area contributed by atoms with Gasteiger partial charge in [-0.2, -0.15) is 0 Å². The molecule has 1 spiro atoms. The van der Waals surface area contributed by atoms with Crippen LogP contribution in [0.25, 0.3) is 108 Å². The first-order valence-corrected chi connectivity index (χ1v) is 31.7. The van der Waals surface area contributed by atoms with Crippen LogP contribution in [0, 0.1) is 0 Å². The highest BCUT2D eigenvalue weighted by atomic mass is 32.2. The van der Waals surface area contributed by atoms with Crippen molar-refractivity contribution in [3.8, 4) is 33.4 Å². The van der Waals surface area contributed by atoms with Gasteiger partial charge in [0.15, 0.2) is 5.58 Å². The van der Waals surface area contributed by atoms with Crippen LogP contribution in [0.4, 0.5) is 28.4 Å². The molecule has 0 N–H and O–H groups in total. The van der Waals surface area contributed by atoms with E-state index < -0.39 is 5.41 Å². The van der Waals surface area contributed by atoms with Crippen LogP contribution in [0.2, 0.25) is 0 Å². The van der Waals surface area contributed by atoms with Gasteiger partial charge >= 0.3 is 0 Å². The zero-order valence-electron chi connectivity index (χ0n) is 47.7. The number of benzene rings is 13.